The van der Waals surface area contributed by atoms with Crippen molar-refractivity contribution in [2.75, 3.05) is 25.1 Å². The number of benzene rings is 2. The average Bonchev–Trinajstić information content (AvgIpc) is 2.89. The predicted octanol–water partition coefficient (Wildman–Crippen LogP) is 2.48. The lowest BCUT2D eigenvalue weighted by Crippen LogP contribution is -2.35. The Balaban J connectivity index is 2.16. The van der Waals surface area contributed by atoms with Crippen molar-refractivity contribution < 1.29 is 23.5 Å². The van der Waals surface area contributed by atoms with Crippen molar-refractivity contribution in [1.82, 2.24) is 4.90 Å². The van der Waals surface area contributed by atoms with E-state index in [2.05, 4.69) is 0 Å². The van der Waals surface area contributed by atoms with E-state index in [4.69, 9.17) is 0 Å². The van der Waals surface area contributed by atoms with E-state index >= 15 is 0 Å². The van der Waals surface area contributed by atoms with Crippen LogP contribution in [-0.2, 0) is 9.59 Å². The van der Waals surface area contributed by atoms with Gasteiger partial charge in [0.1, 0.15) is 17.3 Å². The number of nitrogens with zero attached hydrogens (tertiary/aromatic N) is 2. The maximum Gasteiger partial charge on any atom is 0.282 e. The zero-order chi connectivity index (χ0) is 19.7. The molecule has 1 aliphatic rings. The fourth-order valence-corrected chi connectivity index (χ4v) is 2.99. The van der Waals surface area contributed by atoms with Crippen molar-refractivity contribution in [3.63, 3.8) is 0 Å². The topological polar surface area (TPSA) is 60.9 Å². The fraction of sp³-hybridized carbons (Fsp3) is 0.200. The first-order chi connectivity index (χ1) is 12.8. The molecule has 3 rings (SSSR count). The molecule has 0 fully saturated rings. The highest BCUT2D eigenvalue weighted by Gasteiger charge is 2.42. The summed E-state index contributed by atoms with van der Waals surface area (Å²) in [5, 5.41) is 9.22. The Hall–Kier alpha value is -3.06. The van der Waals surface area contributed by atoms with Gasteiger partial charge in [0, 0.05) is 19.7 Å². The molecule has 2 aromatic carbocycles. The van der Waals surface area contributed by atoms with Crippen LogP contribution in [0.25, 0.3) is 5.57 Å². The van der Waals surface area contributed by atoms with Gasteiger partial charge in [-0.2, -0.15) is 0 Å². The van der Waals surface area contributed by atoms with Crippen molar-refractivity contribution in [3.05, 3.63) is 70.9 Å². The minimum atomic E-state index is -0.882. The average molecular weight is 372 g/mol. The Labute approximate surface area is 155 Å². The van der Waals surface area contributed by atoms with Gasteiger partial charge < -0.3 is 10.0 Å². The van der Waals surface area contributed by atoms with E-state index in [0.717, 1.165) is 23.8 Å². The van der Waals surface area contributed by atoms with Gasteiger partial charge in [-0.25, -0.2) is 13.7 Å². The molecule has 140 valence electrons. The molecule has 0 unspecified atom stereocenters. The van der Waals surface area contributed by atoms with E-state index in [1.165, 1.54) is 4.90 Å². The Morgan fingerprint density at radius 1 is 1.04 bits per heavy atom. The monoisotopic (exact) mass is 372 g/mol. The Kier molecular flexibility index (Phi) is 5.05. The predicted molar refractivity (Wildman–Crippen MR) is 96.7 cm³/mol. The summed E-state index contributed by atoms with van der Waals surface area (Å²) in [6.45, 7) is 1.74. The first kappa shape index (κ1) is 18.7. The number of hydrogen-bond acceptors (Lipinski definition) is 4. The standard InChI is InChI=1S/C20H18F2N2O3/c1-12-3-5-13(6-4-12)17-18(23(2)9-10-25)20(27)24(19(17)26)16-11-14(21)7-8-15(16)22/h3-8,11,25H,9-10H2,1-2H3. The first-order valence-electron chi connectivity index (χ1n) is 8.32. The highest BCUT2D eigenvalue weighted by Crippen LogP contribution is 2.35. The molecule has 2 aromatic rings. The van der Waals surface area contributed by atoms with Crippen LogP contribution in [-0.4, -0.2) is 42.0 Å². The number of carbonyl (C=O) groups excluding carboxylic acids is 2. The normalized spacial score (nSPS) is 14.3. The van der Waals surface area contributed by atoms with E-state index in [9.17, 15) is 23.5 Å². The molecule has 1 N–H and O–H groups in total. The molecule has 1 aliphatic heterocycles. The van der Waals surface area contributed by atoms with Crippen LogP contribution in [0.2, 0.25) is 0 Å². The first-order valence-corrected chi connectivity index (χ1v) is 8.32. The zero-order valence-electron chi connectivity index (χ0n) is 14.9. The fourth-order valence-electron chi connectivity index (χ4n) is 2.99. The third-order valence-corrected chi connectivity index (χ3v) is 4.37. The molecule has 0 saturated carbocycles. The second-order valence-electron chi connectivity index (χ2n) is 6.28. The van der Waals surface area contributed by atoms with Crippen LogP contribution in [0.5, 0.6) is 0 Å². The molecular formula is C20H18F2N2O3. The zero-order valence-corrected chi connectivity index (χ0v) is 14.9. The number of anilines is 1. The Morgan fingerprint density at radius 3 is 2.33 bits per heavy atom. The molecular weight excluding hydrogens is 354 g/mol. The van der Waals surface area contributed by atoms with Crippen molar-refractivity contribution in [1.29, 1.82) is 0 Å². The highest BCUT2D eigenvalue weighted by molar-refractivity contribution is 6.45. The number of aliphatic hydroxyl groups is 1. The third-order valence-electron chi connectivity index (χ3n) is 4.37. The van der Waals surface area contributed by atoms with Crippen molar-refractivity contribution in [2.24, 2.45) is 0 Å². The number of aryl methyl sites for hydroxylation is 1. The molecule has 2 amide bonds. The highest BCUT2D eigenvalue weighted by atomic mass is 19.1. The van der Waals surface area contributed by atoms with Crippen LogP contribution in [0.3, 0.4) is 0 Å². The van der Waals surface area contributed by atoms with Crippen LogP contribution in [0.15, 0.2) is 48.2 Å². The quantitative estimate of drug-likeness (QED) is 0.820. The number of hydrogen-bond donors (Lipinski definition) is 1. The van der Waals surface area contributed by atoms with Crippen LogP contribution in [0, 0.1) is 18.6 Å². The van der Waals surface area contributed by atoms with E-state index < -0.39 is 29.1 Å². The van der Waals surface area contributed by atoms with Gasteiger partial charge in [0.2, 0.25) is 0 Å². The van der Waals surface area contributed by atoms with E-state index in [0.29, 0.717) is 10.5 Å². The van der Waals surface area contributed by atoms with E-state index in [-0.39, 0.29) is 24.4 Å². The van der Waals surface area contributed by atoms with E-state index in [1.54, 1.807) is 31.3 Å². The lowest BCUT2D eigenvalue weighted by molar-refractivity contribution is -0.120. The Morgan fingerprint density at radius 2 is 1.70 bits per heavy atom. The van der Waals surface area contributed by atoms with Crippen molar-refractivity contribution in [2.45, 2.75) is 6.92 Å². The van der Waals surface area contributed by atoms with E-state index in [1.807, 2.05) is 6.92 Å². The smallest absolute Gasteiger partial charge is 0.282 e. The van der Waals surface area contributed by atoms with Gasteiger partial charge in [-0.1, -0.05) is 29.8 Å². The molecule has 27 heavy (non-hydrogen) atoms. The SMILES string of the molecule is Cc1ccc(C2=C(N(C)CCO)C(=O)N(c3cc(F)ccc3F)C2=O)cc1. The number of aliphatic hydroxyl groups excluding tert-OH is 1. The number of rotatable bonds is 5. The van der Waals surface area contributed by atoms with Gasteiger partial charge in [0.05, 0.1) is 17.9 Å². The molecule has 1 heterocycles. The maximum absolute atomic E-state index is 14.2. The minimum Gasteiger partial charge on any atom is -0.395 e. The molecule has 0 aliphatic carbocycles. The van der Waals surface area contributed by atoms with Gasteiger partial charge >= 0.3 is 0 Å². The minimum absolute atomic E-state index is 0.0292. The number of imide groups is 1. The van der Waals surface area contributed by atoms with Crippen LogP contribution < -0.4 is 4.90 Å². The van der Waals surface area contributed by atoms with Gasteiger partial charge in [-0.3, -0.25) is 9.59 Å². The Bertz CT molecular complexity index is 939. The molecule has 0 saturated heterocycles. The molecule has 0 atom stereocenters. The lowest BCUT2D eigenvalue weighted by Gasteiger charge is -2.20. The number of amides is 2. The summed E-state index contributed by atoms with van der Waals surface area (Å²) >= 11 is 0. The summed E-state index contributed by atoms with van der Waals surface area (Å²) in [6.07, 6.45) is 0. The molecule has 0 aromatic heterocycles. The van der Waals surface area contributed by atoms with Crippen LogP contribution in [0.1, 0.15) is 11.1 Å². The summed E-state index contributed by atoms with van der Waals surface area (Å²) in [6, 6.07) is 9.54. The van der Waals surface area contributed by atoms with Gasteiger partial charge in [-0.05, 0) is 24.6 Å². The van der Waals surface area contributed by atoms with Crippen LogP contribution >= 0.6 is 0 Å². The summed E-state index contributed by atoms with van der Waals surface area (Å²) in [5.41, 5.74) is 1.12. The summed E-state index contributed by atoms with van der Waals surface area (Å²) in [5.74, 6) is -3.15. The van der Waals surface area contributed by atoms with Gasteiger partial charge in [0.25, 0.3) is 11.8 Å². The van der Waals surface area contributed by atoms with Crippen molar-refractivity contribution in [3.8, 4) is 0 Å². The lowest BCUT2D eigenvalue weighted by atomic mass is 10.0. The molecule has 7 heteroatoms. The second kappa shape index (κ2) is 7.28. The van der Waals surface area contributed by atoms with Crippen molar-refractivity contribution >= 4 is 23.1 Å². The largest absolute Gasteiger partial charge is 0.395 e. The molecule has 0 radical (unpaired) electrons. The summed E-state index contributed by atoms with van der Waals surface area (Å²) in [4.78, 5) is 28.1. The number of carbonyl (C=O) groups is 2. The van der Waals surface area contributed by atoms with Crippen LogP contribution in [0.4, 0.5) is 14.5 Å². The maximum atomic E-state index is 14.2. The van der Waals surface area contributed by atoms with Gasteiger partial charge in [0.15, 0.2) is 0 Å². The molecule has 0 spiro atoms. The van der Waals surface area contributed by atoms with Gasteiger partial charge in [-0.15, -0.1) is 0 Å². The number of likely N-dealkylation sites (N-methyl/N-ethyl adjacent to an activating group) is 1. The summed E-state index contributed by atoms with van der Waals surface area (Å²) in [7, 11) is 1.55. The summed E-state index contributed by atoms with van der Waals surface area (Å²) < 4.78 is 27.9. The molecule has 0 bridgehead atoms. The third kappa shape index (κ3) is 3.33. The molecule has 5 nitrogen and oxygen atoms in total. The number of halogens is 2. The second-order valence-corrected chi connectivity index (χ2v) is 6.28.